The van der Waals surface area contributed by atoms with E-state index in [0.717, 1.165) is 24.7 Å². The number of carboxylic acids is 1. The van der Waals surface area contributed by atoms with Crippen LogP contribution in [0.3, 0.4) is 0 Å². The second-order valence-electron chi connectivity index (χ2n) is 6.12. The molecule has 1 saturated carbocycles. The maximum absolute atomic E-state index is 10.8. The number of hydrogen-bond acceptors (Lipinski definition) is 1. The van der Waals surface area contributed by atoms with E-state index < -0.39 is 5.97 Å². The highest BCUT2D eigenvalue weighted by Gasteiger charge is 2.24. The summed E-state index contributed by atoms with van der Waals surface area (Å²) in [5.74, 6) is 1.32. The van der Waals surface area contributed by atoms with E-state index in [4.69, 9.17) is 5.11 Å². The molecule has 0 aliphatic heterocycles. The smallest absolute Gasteiger partial charge is 0.303 e. The van der Waals surface area contributed by atoms with Crippen LogP contribution in [0, 0.1) is 17.8 Å². The average Bonchev–Trinajstić information content (AvgIpc) is 2.70. The standard InChI is InChI=1S/C16H26O2/c17-16(18)12-13-6-5-9-15(11-10-13)14-7-3-1-2-4-8-14/h5,9,13-15H,1-4,6-8,10-12H2,(H,17,18). The Hall–Kier alpha value is -0.790. The van der Waals surface area contributed by atoms with E-state index in [0.29, 0.717) is 12.3 Å². The first-order valence-corrected chi connectivity index (χ1v) is 7.64. The summed E-state index contributed by atoms with van der Waals surface area (Å²) in [7, 11) is 0. The third-order valence-corrected chi connectivity index (χ3v) is 4.73. The highest BCUT2D eigenvalue weighted by atomic mass is 16.4. The molecule has 0 aromatic carbocycles. The van der Waals surface area contributed by atoms with Gasteiger partial charge in [-0.25, -0.2) is 0 Å². The molecule has 2 rings (SSSR count). The predicted molar refractivity (Wildman–Crippen MR) is 73.4 cm³/mol. The molecule has 1 N–H and O–H groups in total. The Kier molecular flexibility index (Phi) is 5.27. The first-order chi connectivity index (χ1) is 8.75. The average molecular weight is 250 g/mol. The fourth-order valence-corrected chi connectivity index (χ4v) is 3.65. The molecule has 0 spiro atoms. The van der Waals surface area contributed by atoms with Crippen molar-refractivity contribution in [1.29, 1.82) is 0 Å². The van der Waals surface area contributed by atoms with E-state index in [1.807, 2.05) is 0 Å². The van der Waals surface area contributed by atoms with Crippen molar-refractivity contribution in [3.05, 3.63) is 12.2 Å². The van der Waals surface area contributed by atoms with Crippen molar-refractivity contribution < 1.29 is 9.90 Å². The lowest BCUT2D eigenvalue weighted by molar-refractivity contribution is -0.138. The number of hydrogen-bond donors (Lipinski definition) is 1. The maximum Gasteiger partial charge on any atom is 0.303 e. The summed E-state index contributed by atoms with van der Waals surface area (Å²) < 4.78 is 0. The first-order valence-electron chi connectivity index (χ1n) is 7.64. The van der Waals surface area contributed by atoms with Crippen LogP contribution in [0.1, 0.15) is 64.2 Å². The largest absolute Gasteiger partial charge is 0.481 e. The Labute approximate surface area is 110 Å². The SMILES string of the molecule is O=C(O)CC1CC=CC(C2CCCCCC2)CC1. The number of carboxylic acid groups (broad SMARTS) is 1. The molecule has 2 heteroatoms. The van der Waals surface area contributed by atoms with Crippen molar-refractivity contribution in [2.45, 2.75) is 64.2 Å². The molecule has 2 aliphatic carbocycles. The molecule has 0 aromatic rings. The zero-order chi connectivity index (χ0) is 12.8. The van der Waals surface area contributed by atoms with Crippen LogP contribution in [0.25, 0.3) is 0 Å². The summed E-state index contributed by atoms with van der Waals surface area (Å²) in [5.41, 5.74) is 0. The van der Waals surface area contributed by atoms with Gasteiger partial charge in [0.05, 0.1) is 0 Å². The molecule has 2 atom stereocenters. The third kappa shape index (κ3) is 4.15. The Morgan fingerprint density at radius 1 is 1.06 bits per heavy atom. The lowest BCUT2D eigenvalue weighted by Crippen LogP contribution is -2.13. The highest BCUT2D eigenvalue weighted by molar-refractivity contribution is 5.67. The Bertz CT molecular complexity index is 287. The van der Waals surface area contributed by atoms with Crippen molar-refractivity contribution in [2.24, 2.45) is 17.8 Å². The van der Waals surface area contributed by atoms with Gasteiger partial charge in [0.1, 0.15) is 0 Å². The van der Waals surface area contributed by atoms with E-state index in [1.165, 1.54) is 44.9 Å². The van der Waals surface area contributed by atoms with E-state index in [-0.39, 0.29) is 0 Å². The minimum absolute atomic E-state index is 0.349. The van der Waals surface area contributed by atoms with Gasteiger partial charge in [-0.15, -0.1) is 0 Å². The van der Waals surface area contributed by atoms with Crippen molar-refractivity contribution in [3.8, 4) is 0 Å². The molecule has 2 unspecified atom stereocenters. The molecule has 0 radical (unpaired) electrons. The summed E-state index contributed by atoms with van der Waals surface area (Å²) in [6.45, 7) is 0. The summed E-state index contributed by atoms with van der Waals surface area (Å²) in [6, 6.07) is 0. The first kappa shape index (κ1) is 13.6. The summed E-state index contributed by atoms with van der Waals surface area (Å²) in [5, 5.41) is 8.89. The third-order valence-electron chi connectivity index (χ3n) is 4.73. The molecule has 0 aromatic heterocycles. The van der Waals surface area contributed by atoms with E-state index >= 15 is 0 Å². The Morgan fingerprint density at radius 3 is 2.44 bits per heavy atom. The zero-order valence-corrected chi connectivity index (χ0v) is 11.3. The van der Waals surface area contributed by atoms with Gasteiger partial charge in [-0.3, -0.25) is 4.79 Å². The van der Waals surface area contributed by atoms with Crippen LogP contribution in [0.2, 0.25) is 0 Å². The van der Waals surface area contributed by atoms with Crippen molar-refractivity contribution >= 4 is 5.97 Å². The van der Waals surface area contributed by atoms with Crippen LogP contribution < -0.4 is 0 Å². The van der Waals surface area contributed by atoms with Crippen LogP contribution in [0.15, 0.2) is 12.2 Å². The van der Waals surface area contributed by atoms with E-state index in [2.05, 4.69) is 12.2 Å². The van der Waals surface area contributed by atoms with Crippen LogP contribution in [-0.2, 0) is 4.79 Å². The lowest BCUT2D eigenvalue weighted by atomic mass is 9.82. The Morgan fingerprint density at radius 2 is 1.78 bits per heavy atom. The van der Waals surface area contributed by atoms with E-state index in [1.54, 1.807) is 0 Å². The molecule has 0 heterocycles. The molecule has 2 aliphatic rings. The molecular weight excluding hydrogens is 224 g/mol. The summed E-state index contributed by atoms with van der Waals surface area (Å²) >= 11 is 0. The molecule has 0 amide bonds. The second kappa shape index (κ2) is 6.96. The van der Waals surface area contributed by atoms with Gasteiger partial charge in [0, 0.05) is 6.42 Å². The number of rotatable bonds is 3. The fraction of sp³-hybridized carbons (Fsp3) is 0.812. The van der Waals surface area contributed by atoms with Crippen LogP contribution >= 0.6 is 0 Å². The van der Waals surface area contributed by atoms with Crippen LogP contribution in [0.4, 0.5) is 0 Å². The Balaban J connectivity index is 1.86. The zero-order valence-electron chi connectivity index (χ0n) is 11.3. The van der Waals surface area contributed by atoms with Gasteiger partial charge in [-0.05, 0) is 49.9 Å². The topological polar surface area (TPSA) is 37.3 Å². The minimum atomic E-state index is -0.638. The van der Waals surface area contributed by atoms with Gasteiger partial charge in [0.25, 0.3) is 0 Å². The van der Waals surface area contributed by atoms with Gasteiger partial charge in [-0.1, -0.05) is 37.8 Å². The van der Waals surface area contributed by atoms with Crippen LogP contribution in [-0.4, -0.2) is 11.1 Å². The van der Waals surface area contributed by atoms with Crippen molar-refractivity contribution in [3.63, 3.8) is 0 Å². The molecule has 102 valence electrons. The van der Waals surface area contributed by atoms with Gasteiger partial charge in [0.15, 0.2) is 0 Å². The molecule has 2 nitrogen and oxygen atoms in total. The maximum atomic E-state index is 10.8. The quantitative estimate of drug-likeness (QED) is 0.595. The predicted octanol–water partition coefficient (Wildman–Crippen LogP) is 4.40. The van der Waals surface area contributed by atoms with Gasteiger partial charge in [-0.2, -0.15) is 0 Å². The minimum Gasteiger partial charge on any atom is -0.481 e. The second-order valence-corrected chi connectivity index (χ2v) is 6.12. The fourth-order valence-electron chi connectivity index (χ4n) is 3.65. The molecule has 18 heavy (non-hydrogen) atoms. The number of allylic oxidation sites excluding steroid dienone is 2. The van der Waals surface area contributed by atoms with Crippen molar-refractivity contribution in [2.75, 3.05) is 0 Å². The molecule has 1 fully saturated rings. The van der Waals surface area contributed by atoms with Gasteiger partial charge < -0.3 is 5.11 Å². The van der Waals surface area contributed by atoms with Crippen molar-refractivity contribution in [1.82, 2.24) is 0 Å². The van der Waals surface area contributed by atoms with Crippen LogP contribution in [0.5, 0.6) is 0 Å². The number of carbonyl (C=O) groups is 1. The summed E-state index contributed by atoms with van der Waals surface area (Å²) in [4.78, 5) is 10.8. The molecular formula is C16H26O2. The lowest BCUT2D eigenvalue weighted by Gasteiger charge is -2.23. The number of aliphatic carboxylic acids is 1. The molecule has 0 saturated heterocycles. The monoisotopic (exact) mass is 250 g/mol. The van der Waals surface area contributed by atoms with Gasteiger partial charge in [0.2, 0.25) is 0 Å². The van der Waals surface area contributed by atoms with Gasteiger partial charge >= 0.3 is 5.97 Å². The molecule has 0 bridgehead atoms. The normalized spacial score (nSPS) is 30.7. The highest BCUT2D eigenvalue weighted by Crippen LogP contribution is 2.35. The van der Waals surface area contributed by atoms with E-state index in [9.17, 15) is 4.79 Å². The summed E-state index contributed by atoms with van der Waals surface area (Å²) in [6.07, 6.45) is 16.7.